The molecule has 0 saturated heterocycles. The van der Waals surface area contributed by atoms with Crippen LogP contribution in [-0.2, 0) is 14.3 Å². The lowest BCUT2D eigenvalue weighted by atomic mass is 9.98. The summed E-state index contributed by atoms with van der Waals surface area (Å²) in [6, 6.07) is 5.72. The van der Waals surface area contributed by atoms with E-state index in [-0.39, 0.29) is 25.1 Å². The molecule has 0 unspecified atom stereocenters. The molecule has 0 aliphatic rings. The van der Waals surface area contributed by atoms with Crippen molar-refractivity contribution in [2.75, 3.05) is 20.3 Å². The molecule has 1 aromatic carbocycles. The molecule has 0 fully saturated rings. The Hall–Kier alpha value is -2.04. The van der Waals surface area contributed by atoms with E-state index in [1.165, 1.54) is 17.6 Å². The number of ether oxygens (including phenoxy) is 2. The first kappa shape index (κ1) is 19.0. The van der Waals surface area contributed by atoms with Gasteiger partial charge in [0.25, 0.3) is 5.91 Å². The maximum absolute atomic E-state index is 12.3. The van der Waals surface area contributed by atoms with Crippen LogP contribution in [0.3, 0.4) is 0 Å². The van der Waals surface area contributed by atoms with Crippen LogP contribution in [0.2, 0.25) is 0 Å². The largest absolute Gasteiger partial charge is 0.484 e. The highest BCUT2D eigenvalue weighted by Crippen LogP contribution is 2.23. The van der Waals surface area contributed by atoms with E-state index in [1.807, 2.05) is 39.0 Å². The zero-order valence-corrected chi connectivity index (χ0v) is 14.9. The number of nitrogens with zero attached hydrogens (tertiary/aromatic N) is 1. The average molecular weight is 321 g/mol. The van der Waals surface area contributed by atoms with Crippen molar-refractivity contribution >= 4 is 11.9 Å². The summed E-state index contributed by atoms with van der Waals surface area (Å²) in [5.41, 5.74) is 2.40. The summed E-state index contributed by atoms with van der Waals surface area (Å²) in [6.07, 6.45) is 0. The predicted molar refractivity (Wildman–Crippen MR) is 89.6 cm³/mol. The highest BCUT2D eigenvalue weighted by Gasteiger charge is 2.21. The summed E-state index contributed by atoms with van der Waals surface area (Å²) < 4.78 is 10.2. The van der Waals surface area contributed by atoms with E-state index in [0.29, 0.717) is 11.7 Å². The van der Waals surface area contributed by atoms with Crippen LogP contribution in [0.25, 0.3) is 0 Å². The van der Waals surface area contributed by atoms with Crippen LogP contribution >= 0.6 is 0 Å². The van der Waals surface area contributed by atoms with Gasteiger partial charge in [-0.2, -0.15) is 0 Å². The van der Waals surface area contributed by atoms with Gasteiger partial charge >= 0.3 is 5.97 Å². The van der Waals surface area contributed by atoms with Gasteiger partial charge in [0.2, 0.25) is 0 Å². The number of methoxy groups -OCH3 is 1. The second-order valence-electron chi connectivity index (χ2n) is 6.15. The van der Waals surface area contributed by atoms with Gasteiger partial charge < -0.3 is 14.4 Å². The number of esters is 1. The minimum absolute atomic E-state index is 0.0678. The number of hydrogen-bond acceptors (Lipinski definition) is 4. The normalized spacial score (nSPS) is 10.8. The lowest BCUT2D eigenvalue weighted by Gasteiger charge is -2.25. The number of carbonyl (C=O) groups excluding carboxylic acids is 2. The summed E-state index contributed by atoms with van der Waals surface area (Å²) in [5.74, 6) is 0.421. The summed E-state index contributed by atoms with van der Waals surface area (Å²) in [4.78, 5) is 25.1. The Morgan fingerprint density at radius 1 is 1.17 bits per heavy atom. The fraction of sp³-hybridized carbons (Fsp3) is 0.556. The molecule has 1 aromatic rings. The zero-order valence-electron chi connectivity index (χ0n) is 14.9. The van der Waals surface area contributed by atoms with Crippen molar-refractivity contribution in [2.24, 2.45) is 0 Å². The highest BCUT2D eigenvalue weighted by atomic mass is 16.5. The number of carbonyl (C=O) groups is 2. The van der Waals surface area contributed by atoms with Crippen molar-refractivity contribution in [1.82, 2.24) is 4.90 Å². The van der Waals surface area contributed by atoms with E-state index in [0.717, 1.165) is 5.56 Å². The van der Waals surface area contributed by atoms with Gasteiger partial charge in [-0.25, -0.2) is 0 Å². The molecule has 0 radical (unpaired) electrons. The molecule has 0 aliphatic carbocycles. The van der Waals surface area contributed by atoms with Crippen molar-refractivity contribution in [3.63, 3.8) is 0 Å². The second-order valence-corrected chi connectivity index (χ2v) is 6.15. The molecule has 23 heavy (non-hydrogen) atoms. The van der Waals surface area contributed by atoms with Gasteiger partial charge in [-0.1, -0.05) is 19.9 Å². The minimum Gasteiger partial charge on any atom is -0.484 e. The van der Waals surface area contributed by atoms with E-state index in [2.05, 4.69) is 18.6 Å². The lowest BCUT2D eigenvalue weighted by Crippen LogP contribution is -2.43. The molecule has 1 rings (SSSR count). The third-order valence-corrected chi connectivity index (χ3v) is 3.70. The standard InChI is InChI=1S/C18H27NO4/c1-12(2)16-8-7-15(9-14(16)5)23-11-17(20)19(13(3)4)10-18(21)22-6/h7-9,12-13H,10-11H2,1-6H3. The summed E-state index contributed by atoms with van der Waals surface area (Å²) in [7, 11) is 1.31. The summed E-state index contributed by atoms with van der Waals surface area (Å²) >= 11 is 0. The minimum atomic E-state index is -0.441. The lowest BCUT2D eigenvalue weighted by molar-refractivity contribution is -0.149. The fourth-order valence-corrected chi connectivity index (χ4v) is 2.38. The second kappa shape index (κ2) is 8.56. The molecule has 128 valence electrons. The van der Waals surface area contributed by atoms with Gasteiger partial charge in [-0.15, -0.1) is 0 Å². The molecular weight excluding hydrogens is 294 g/mol. The van der Waals surface area contributed by atoms with Crippen LogP contribution in [0.4, 0.5) is 0 Å². The molecule has 0 bridgehead atoms. The van der Waals surface area contributed by atoms with Gasteiger partial charge in [0.15, 0.2) is 6.61 Å². The van der Waals surface area contributed by atoms with Gasteiger partial charge in [0, 0.05) is 6.04 Å². The predicted octanol–water partition coefficient (Wildman–Crippen LogP) is 2.91. The van der Waals surface area contributed by atoms with E-state index >= 15 is 0 Å². The smallest absolute Gasteiger partial charge is 0.325 e. The van der Waals surface area contributed by atoms with Crippen molar-refractivity contribution in [3.8, 4) is 5.75 Å². The van der Waals surface area contributed by atoms with Gasteiger partial charge in [-0.3, -0.25) is 9.59 Å². The first-order valence-corrected chi connectivity index (χ1v) is 7.85. The Bertz CT molecular complexity index is 552. The molecular formula is C18H27NO4. The monoisotopic (exact) mass is 321 g/mol. The summed E-state index contributed by atoms with van der Waals surface area (Å²) in [5, 5.41) is 0. The van der Waals surface area contributed by atoms with E-state index in [4.69, 9.17) is 4.74 Å². The SMILES string of the molecule is COC(=O)CN(C(=O)COc1ccc(C(C)C)c(C)c1)C(C)C. The van der Waals surface area contributed by atoms with Crippen LogP contribution in [0.15, 0.2) is 18.2 Å². The van der Waals surface area contributed by atoms with E-state index in [9.17, 15) is 9.59 Å². The Morgan fingerprint density at radius 3 is 2.30 bits per heavy atom. The number of aryl methyl sites for hydroxylation is 1. The van der Waals surface area contributed by atoms with Crippen LogP contribution in [0.5, 0.6) is 5.75 Å². The summed E-state index contributed by atoms with van der Waals surface area (Å²) in [6.45, 7) is 9.84. The average Bonchev–Trinajstić information content (AvgIpc) is 2.49. The molecule has 1 amide bonds. The number of hydrogen-bond donors (Lipinski definition) is 0. The molecule has 0 heterocycles. The third-order valence-electron chi connectivity index (χ3n) is 3.70. The van der Waals surface area contributed by atoms with Crippen LogP contribution < -0.4 is 4.74 Å². The molecule has 0 atom stereocenters. The van der Waals surface area contributed by atoms with Crippen molar-refractivity contribution in [1.29, 1.82) is 0 Å². The maximum Gasteiger partial charge on any atom is 0.325 e. The van der Waals surface area contributed by atoms with Gasteiger partial charge in [0.1, 0.15) is 12.3 Å². The Kier molecular flexibility index (Phi) is 7.07. The molecule has 0 saturated carbocycles. The van der Waals surface area contributed by atoms with Crippen LogP contribution in [-0.4, -0.2) is 43.1 Å². The topological polar surface area (TPSA) is 55.8 Å². The quantitative estimate of drug-likeness (QED) is 0.725. The number of amides is 1. The molecule has 0 aliphatic heterocycles. The zero-order chi connectivity index (χ0) is 17.6. The Labute approximate surface area is 138 Å². The van der Waals surface area contributed by atoms with Crippen molar-refractivity contribution in [2.45, 2.75) is 46.6 Å². The molecule has 0 spiro atoms. The van der Waals surface area contributed by atoms with Gasteiger partial charge in [0.05, 0.1) is 7.11 Å². The third kappa shape index (κ3) is 5.58. The number of benzene rings is 1. The number of rotatable bonds is 7. The molecule has 5 heteroatoms. The van der Waals surface area contributed by atoms with Gasteiger partial charge in [-0.05, 0) is 49.9 Å². The van der Waals surface area contributed by atoms with Crippen molar-refractivity contribution < 1.29 is 19.1 Å². The first-order chi connectivity index (χ1) is 10.8. The van der Waals surface area contributed by atoms with Crippen LogP contribution in [0.1, 0.15) is 44.7 Å². The van der Waals surface area contributed by atoms with E-state index < -0.39 is 5.97 Å². The first-order valence-electron chi connectivity index (χ1n) is 7.85. The van der Waals surface area contributed by atoms with Crippen molar-refractivity contribution in [3.05, 3.63) is 29.3 Å². The fourth-order valence-electron chi connectivity index (χ4n) is 2.38. The molecule has 5 nitrogen and oxygen atoms in total. The molecule has 0 N–H and O–H groups in total. The maximum atomic E-state index is 12.3. The Balaban J connectivity index is 2.70. The molecule has 0 aromatic heterocycles. The highest BCUT2D eigenvalue weighted by molar-refractivity contribution is 5.83. The Morgan fingerprint density at radius 2 is 1.83 bits per heavy atom. The van der Waals surface area contributed by atoms with Crippen LogP contribution in [0, 0.1) is 6.92 Å². The van der Waals surface area contributed by atoms with E-state index in [1.54, 1.807) is 0 Å².